The van der Waals surface area contributed by atoms with Crippen molar-refractivity contribution in [1.82, 2.24) is 10.0 Å². The molecule has 1 atom stereocenters. The molecule has 1 fully saturated rings. The minimum Gasteiger partial charge on any atom is -0.355 e. The van der Waals surface area contributed by atoms with Gasteiger partial charge in [0.2, 0.25) is 15.9 Å². The Morgan fingerprint density at radius 1 is 1.32 bits per heavy atom. The third-order valence-electron chi connectivity index (χ3n) is 3.64. The molecule has 112 valence electrons. The molecule has 5 nitrogen and oxygen atoms in total. The predicted molar refractivity (Wildman–Crippen MR) is 76.2 cm³/mol. The molecule has 0 aromatic carbocycles. The monoisotopic (exact) mass is 290 g/mol. The lowest BCUT2D eigenvalue weighted by atomic mass is 9.94. The zero-order chi connectivity index (χ0) is 14.3. The van der Waals surface area contributed by atoms with Gasteiger partial charge in [-0.05, 0) is 12.3 Å². The summed E-state index contributed by atoms with van der Waals surface area (Å²) >= 11 is 0. The molecule has 1 amide bonds. The van der Waals surface area contributed by atoms with Crippen molar-refractivity contribution >= 4 is 15.9 Å². The van der Waals surface area contributed by atoms with Crippen LogP contribution in [-0.2, 0) is 14.8 Å². The predicted octanol–water partition coefficient (Wildman–Crippen LogP) is 1.26. The van der Waals surface area contributed by atoms with E-state index < -0.39 is 10.0 Å². The van der Waals surface area contributed by atoms with Gasteiger partial charge < -0.3 is 5.32 Å². The zero-order valence-electron chi connectivity index (χ0n) is 11.9. The Bertz CT molecular complexity index is 375. The fourth-order valence-electron chi connectivity index (χ4n) is 2.63. The van der Waals surface area contributed by atoms with E-state index in [2.05, 4.69) is 10.0 Å². The smallest absolute Gasteiger partial charge is 0.222 e. The average Bonchev–Trinajstić information content (AvgIpc) is 2.81. The van der Waals surface area contributed by atoms with E-state index in [9.17, 15) is 13.2 Å². The topological polar surface area (TPSA) is 75.3 Å². The van der Waals surface area contributed by atoms with Gasteiger partial charge in [0.25, 0.3) is 0 Å². The van der Waals surface area contributed by atoms with Crippen molar-refractivity contribution in [1.29, 1.82) is 0 Å². The maximum Gasteiger partial charge on any atom is 0.222 e. The van der Waals surface area contributed by atoms with Gasteiger partial charge in [0.1, 0.15) is 0 Å². The second kappa shape index (κ2) is 7.85. The molecule has 0 aromatic heterocycles. The Balaban J connectivity index is 2.22. The van der Waals surface area contributed by atoms with Crippen LogP contribution in [0.5, 0.6) is 0 Å². The van der Waals surface area contributed by atoms with Gasteiger partial charge in [0, 0.05) is 19.0 Å². The molecule has 0 heterocycles. The Labute approximate surface area is 116 Å². The minimum absolute atomic E-state index is 0.0232. The second-order valence-electron chi connectivity index (χ2n) is 5.40. The summed E-state index contributed by atoms with van der Waals surface area (Å²) in [4.78, 5) is 11.8. The first-order valence-corrected chi connectivity index (χ1v) is 8.85. The molecular weight excluding hydrogens is 264 g/mol. The normalized spacial score (nSPS) is 18.4. The van der Waals surface area contributed by atoms with Gasteiger partial charge in [-0.15, -0.1) is 0 Å². The highest BCUT2D eigenvalue weighted by atomic mass is 32.2. The van der Waals surface area contributed by atoms with Crippen LogP contribution in [0.2, 0.25) is 0 Å². The number of carbonyl (C=O) groups excluding carboxylic acids is 1. The molecule has 0 aromatic rings. The lowest BCUT2D eigenvalue weighted by Gasteiger charge is -2.16. The molecule has 6 heteroatoms. The number of nitrogens with one attached hydrogen (secondary N) is 2. The Morgan fingerprint density at radius 3 is 2.53 bits per heavy atom. The summed E-state index contributed by atoms with van der Waals surface area (Å²) in [6, 6.07) is 0. The van der Waals surface area contributed by atoms with E-state index in [0.717, 1.165) is 6.42 Å². The summed E-state index contributed by atoms with van der Waals surface area (Å²) in [7, 11) is -3.24. The number of rotatable bonds is 8. The van der Waals surface area contributed by atoms with Crippen molar-refractivity contribution in [3.05, 3.63) is 0 Å². The summed E-state index contributed by atoms with van der Waals surface area (Å²) in [5.41, 5.74) is 0. The van der Waals surface area contributed by atoms with Gasteiger partial charge in [-0.1, -0.05) is 39.5 Å². The maximum atomic E-state index is 11.8. The molecule has 0 saturated heterocycles. The summed E-state index contributed by atoms with van der Waals surface area (Å²) in [6.45, 7) is 4.23. The van der Waals surface area contributed by atoms with Crippen molar-refractivity contribution in [2.75, 3.05) is 18.8 Å². The van der Waals surface area contributed by atoms with E-state index in [4.69, 9.17) is 0 Å². The van der Waals surface area contributed by atoms with Gasteiger partial charge in [-0.2, -0.15) is 0 Å². The fourth-order valence-corrected chi connectivity index (χ4v) is 3.58. The maximum absolute atomic E-state index is 11.8. The molecule has 0 spiro atoms. The van der Waals surface area contributed by atoms with Crippen molar-refractivity contribution in [3.8, 4) is 0 Å². The van der Waals surface area contributed by atoms with Crippen LogP contribution in [-0.4, -0.2) is 33.2 Å². The highest BCUT2D eigenvalue weighted by Crippen LogP contribution is 2.30. The van der Waals surface area contributed by atoms with Crippen LogP contribution in [0.1, 0.15) is 46.0 Å². The third kappa shape index (κ3) is 6.38. The molecule has 0 radical (unpaired) electrons. The first-order valence-electron chi connectivity index (χ1n) is 7.19. The summed E-state index contributed by atoms with van der Waals surface area (Å²) in [5.74, 6) is 0.567. The van der Waals surface area contributed by atoms with Gasteiger partial charge in [-0.25, -0.2) is 13.1 Å². The summed E-state index contributed by atoms with van der Waals surface area (Å²) in [5, 5.41) is 2.71. The molecule has 1 rings (SSSR count). The fraction of sp³-hybridized carbons (Fsp3) is 0.923. The Hall–Kier alpha value is -0.620. The summed E-state index contributed by atoms with van der Waals surface area (Å²) in [6.07, 6.45) is 5.94. The standard InChI is InChI=1S/C13H26N2O3S/c1-3-15-19(17,18)9-8-14-13(16)11(2)10-12-6-4-5-7-12/h11-12,15H,3-10H2,1-2H3,(H,14,16)/t11-/m1/s1. The van der Waals surface area contributed by atoms with Crippen molar-refractivity contribution < 1.29 is 13.2 Å². The van der Waals surface area contributed by atoms with Crippen molar-refractivity contribution in [2.45, 2.75) is 46.0 Å². The highest BCUT2D eigenvalue weighted by Gasteiger charge is 2.21. The van der Waals surface area contributed by atoms with Gasteiger partial charge in [0.15, 0.2) is 0 Å². The Morgan fingerprint density at radius 2 is 1.95 bits per heavy atom. The van der Waals surface area contributed by atoms with Gasteiger partial charge in [0.05, 0.1) is 5.75 Å². The summed E-state index contributed by atoms with van der Waals surface area (Å²) < 4.78 is 25.2. The highest BCUT2D eigenvalue weighted by molar-refractivity contribution is 7.89. The molecule has 1 saturated carbocycles. The third-order valence-corrected chi connectivity index (χ3v) is 5.11. The molecule has 0 unspecified atom stereocenters. The van der Waals surface area contributed by atoms with E-state index in [1.807, 2.05) is 6.92 Å². The molecular formula is C13H26N2O3S. The molecule has 1 aliphatic rings. The van der Waals surface area contributed by atoms with E-state index in [0.29, 0.717) is 12.5 Å². The van der Waals surface area contributed by atoms with Crippen LogP contribution >= 0.6 is 0 Å². The van der Waals surface area contributed by atoms with E-state index >= 15 is 0 Å². The minimum atomic E-state index is -3.24. The number of hydrogen-bond donors (Lipinski definition) is 2. The zero-order valence-corrected chi connectivity index (χ0v) is 12.8. The number of amides is 1. The Kier molecular flexibility index (Phi) is 6.79. The molecule has 19 heavy (non-hydrogen) atoms. The number of hydrogen-bond acceptors (Lipinski definition) is 3. The van der Waals surface area contributed by atoms with Crippen LogP contribution in [0.25, 0.3) is 0 Å². The largest absolute Gasteiger partial charge is 0.355 e. The van der Waals surface area contributed by atoms with E-state index in [1.54, 1.807) is 6.92 Å². The van der Waals surface area contributed by atoms with Crippen LogP contribution in [0.3, 0.4) is 0 Å². The average molecular weight is 290 g/mol. The molecule has 0 aliphatic heterocycles. The number of sulfonamides is 1. The molecule has 1 aliphatic carbocycles. The quantitative estimate of drug-likeness (QED) is 0.706. The van der Waals surface area contributed by atoms with Crippen LogP contribution in [0.15, 0.2) is 0 Å². The SMILES string of the molecule is CCNS(=O)(=O)CCNC(=O)[C@H](C)CC1CCCC1. The second-order valence-corrected chi connectivity index (χ2v) is 7.32. The van der Waals surface area contributed by atoms with Crippen molar-refractivity contribution in [2.24, 2.45) is 11.8 Å². The van der Waals surface area contributed by atoms with Gasteiger partial charge >= 0.3 is 0 Å². The lowest BCUT2D eigenvalue weighted by molar-refractivity contribution is -0.124. The lowest BCUT2D eigenvalue weighted by Crippen LogP contribution is -2.36. The molecule has 2 N–H and O–H groups in total. The molecule has 0 bridgehead atoms. The first-order chi connectivity index (χ1) is 8.94. The first kappa shape index (κ1) is 16.4. The van der Waals surface area contributed by atoms with Gasteiger partial charge in [-0.3, -0.25) is 4.79 Å². The van der Waals surface area contributed by atoms with Crippen molar-refractivity contribution in [3.63, 3.8) is 0 Å². The van der Waals surface area contributed by atoms with E-state index in [1.165, 1.54) is 25.7 Å². The van der Waals surface area contributed by atoms with E-state index in [-0.39, 0.29) is 24.1 Å². The van der Waals surface area contributed by atoms with Crippen LogP contribution in [0, 0.1) is 11.8 Å². The number of carbonyl (C=O) groups is 1. The van der Waals surface area contributed by atoms with Crippen LogP contribution in [0.4, 0.5) is 0 Å². The van der Waals surface area contributed by atoms with Crippen LogP contribution < -0.4 is 10.0 Å².